The van der Waals surface area contributed by atoms with E-state index in [0.29, 0.717) is 12.0 Å². The predicted molar refractivity (Wildman–Crippen MR) is 76.7 cm³/mol. The fourth-order valence-electron chi connectivity index (χ4n) is 2.91. The lowest BCUT2D eigenvalue weighted by Gasteiger charge is -2.12. The topological polar surface area (TPSA) is 26.0 Å². The van der Waals surface area contributed by atoms with E-state index in [2.05, 4.69) is 0 Å². The molecule has 1 unspecified atom stereocenters. The molecule has 1 aliphatic rings. The van der Waals surface area contributed by atoms with E-state index in [1.54, 1.807) is 12.1 Å². The Kier molecular flexibility index (Phi) is 5.02. The molecule has 0 aromatic heterocycles. The van der Waals surface area contributed by atoms with Crippen LogP contribution in [0.5, 0.6) is 0 Å². The van der Waals surface area contributed by atoms with E-state index < -0.39 is 5.51 Å². The monoisotopic (exact) mass is 303 g/mol. The van der Waals surface area contributed by atoms with Crippen molar-refractivity contribution < 1.29 is 13.2 Å². The van der Waals surface area contributed by atoms with Gasteiger partial charge in [0, 0.05) is 10.9 Å². The third-order valence-electron chi connectivity index (χ3n) is 3.77. The SMILES string of the molecule is Cc1cc(CCC2CC[C@H](N)C2)cc(SC(F)(F)F)c1. The van der Waals surface area contributed by atoms with Crippen LogP contribution in [-0.2, 0) is 6.42 Å². The smallest absolute Gasteiger partial charge is 0.328 e. The first kappa shape index (κ1) is 15.7. The van der Waals surface area contributed by atoms with E-state index in [9.17, 15) is 13.2 Å². The highest BCUT2D eigenvalue weighted by molar-refractivity contribution is 8.00. The third kappa shape index (κ3) is 5.02. The molecule has 1 aromatic rings. The van der Waals surface area contributed by atoms with Gasteiger partial charge < -0.3 is 5.73 Å². The second-order valence-electron chi connectivity index (χ2n) is 5.68. The first-order valence-corrected chi connectivity index (χ1v) is 7.75. The van der Waals surface area contributed by atoms with Gasteiger partial charge in [0.2, 0.25) is 0 Å². The van der Waals surface area contributed by atoms with Gasteiger partial charge in [-0.2, -0.15) is 13.2 Å². The van der Waals surface area contributed by atoms with Gasteiger partial charge in [-0.3, -0.25) is 0 Å². The van der Waals surface area contributed by atoms with Crippen LogP contribution in [0.25, 0.3) is 0 Å². The molecule has 1 fully saturated rings. The number of halogens is 3. The van der Waals surface area contributed by atoms with Crippen molar-refractivity contribution in [3.05, 3.63) is 29.3 Å². The summed E-state index contributed by atoms with van der Waals surface area (Å²) in [6.45, 7) is 1.84. The average Bonchev–Trinajstić information content (AvgIpc) is 2.69. The van der Waals surface area contributed by atoms with Crippen LogP contribution in [0.4, 0.5) is 13.2 Å². The molecule has 0 amide bonds. The summed E-state index contributed by atoms with van der Waals surface area (Å²) < 4.78 is 37.3. The molecular formula is C15H20F3NS. The Morgan fingerprint density at radius 2 is 2.00 bits per heavy atom. The van der Waals surface area contributed by atoms with Gasteiger partial charge in [-0.15, -0.1) is 0 Å². The summed E-state index contributed by atoms with van der Waals surface area (Å²) in [5, 5.41) is 0. The Hall–Kier alpha value is -0.680. The van der Waals surface area contributed by atoms with E-state index in [1.165, 1.54) is 0 Å². The van der Waals surface area contributed by atoms with Gasteiger partial charge in [0.1, 0.15) is 0 Å². The fourth-order valence-corrected chi connectivity index (χ4v) is 3.63. The highest BCUT2D eigenvalue weighted by atomic mass is 32.2. The molecule has 0 aliphatic heterocycles. The summed E-state index contributed by atoms with van der Waals surface area (Å²) in [4.78, 5) is 0.288. The number of hydrogen-bond donors (Lipinski definition) is 1. The summed E-state index contributed by atoms with van der Waals surface area (Å²) in [7, 11) is 0. The van der Waals surface area contributed by atoms with E-state index in [1.807, 2.05) is 13.0 Å². The van der Waals surface area contributed by atoms with Gasteiger partial charge in [0.15, 0.2) is 0 Å². The van der Waals surface area contributed by atoms with Crippen LogP contribution in [0.3, 0.4) is 0 Å². The summed E-state index contributed by atoms with van der Waals surface area (Å²) in [5.41, 5.74) is 3.55. The van der Waals surface area contributed by atoms with Gasteiger partial charge in [-0.05, 0) is 80.0 Å². The molecule has 20 heavy (non-hydrogen) atoms. The Morgan fingerprint density at radius 1 is 1.25 bits per heavy atom. The van der Waals surface area contributed by atoms with Gasteiger partial charge in [0.05, 0.1) is 0 Å². The molecule has 1 aliphatic carbocycles. The van der Waals surface area contributed by atoms with Crippen LogP contribution >= 0.6 is 11.8 Å². The molecule has 1 saturated carbocycles. The van der Waals surface area contributed by atoms with Crippen LogP contribution in [0, 0.1) is 12.8 Å². The van der Waals surface area contributed by atoms with E-state index in [4.69, 9.17) is 5.73 Å². The average molecular weight is 303 g/mol. The van der Waals surface area contributed by atoms with Crippen LogP contribution in [0.1, 0.15) is 36.8 Å². The maximum absolute atomic E-state index is 12.4. The van der Waals surface area contributed by atoms with Crippen LogP contribution in [0.2, 0.25) is 0 Å². The predicted octanol–water partition coefficient (Wildman–Crippen LogP) is 4.67. The molecule has 2 atom stereocenters. The molecule has 0 spiro atoms. The quantitative estimate of drug-likeness (QED) is 0.818. The standard InChI is InChI=1S/C15H20F3NS/c1-10-6-12(3-2-11-4-5-13(19)8-11)9-14(7-10)20-15(16,17)18/h6-7,9,11,13H,2-5,8,19H2,1H3/t11?,13-/m0/s1. The Morgan fingerprint density at radius 3 is 2.60 bits per heavy atom. The lowest BCUT2D eigenvalue weighted by Crippen LogP contribution is -2.14. The highest BCUT2D eigenvalue weighted by Crippen LogP contribution is 2.38. The molecular weight excluding hydrogens is 283 g/mol. The summed E-state index contributed by atoms with van der Waals surface area (Å²) in [6.07, 6.45) is 5.14. The zero-order valence-corrected chi connectivity index (χ0v) is 12.4. The minimum Gasteiger partial charge on any atom is -0.328 e. The molecule has 5 heteroatoms. The number of nitrogens with two attached hydrogens (primary N) is 1. The zero-order chi connectivity index (χ0) is 14.8. The van der Waals surface area contributed by atoms with Gasteiger partial charge in [-0.1, -0.05) is 6.07 Å². The van der Waals surface area contributed by atoms with Gasteiger partial charge in [-0.25, -0.2) is 0 Å². The summed E-state index contributed by atoms with van der Waals surface area (Å²) in [6, 6.07) is 5.55. The van der Waals surface area contributed by atoms with Crippen molar-refractivity contribution in [1.82, 2.24) is 0 Å². The fraction of sp³-hybridized carbons (Fsp3) is 0.600. The normalized spacial score (nSPS) is 23.2. The van der Waals surface area contributed by atoms with Crippen molar-refractivity contribution in [3.8, 4) is 0 Å². The van der Waals surface area contributed by atoms with Crippen LogP contribution < -0.4 is 5.73 Å². The van der Waals surface area contributed by atoms with Crippen molar-refractivity contribution in [3.63, 3.8) is 0 Å². The van der Waals surface area contributed by atoms with Crippen molar-refractivity contribution in [2.45, 2.75) is 55.5 Å². The summed E-state index contributed by atoms with van der Waals surface area (Å²) in [5.74, 6) is 0.629. The first-order valence-electron chi connectivity index (χ1n) is 6.94. The van der Waals surface area contributed by atoms with Crippen molar-refractivity contribution in [2.24, 2.45) is 11.7 Å². The molecule has 1 aromatic carbocycles. The van der Waals surface area contributed by atoms with E-state index >= 15 is 0 Å². The Labute approximate surface area is 122 Å². The number of hydrogen-bond acceptors (Lipinski definition) is 2. The zero-order valence-electron chi connectivity index (χ0n) is 11.5. The molecule has 0 radical (unpaired) electrons. The summed E-state index contributed by atoms with van der Waals surface area (Å²) >= 11 is -0.0324. The molecule has 0 saturated heterocycles. The van der Waals surface area contributed by atoms with Crippen molar-refractivity contribution in [2.75, 3.05) is 0 Å². The van der Waals surface area contributed by atoms with Gasteiger partial charge in [0.25, 0.3) is 0 Å². The maximum Gasteiger partial charge on any atom is 0.446 e. The van der Waals surface area contributed by atoms with Gasteiger partial charge >= 0.3 is 5.51 Å². The molecule has 0 bridgehead atoms. The number of benzene rings is 1. The molecule has 0 heterocycles. The lowest BCUT2D eigenvalue weighted by molar-refractivity contribution is -0.0328. The van der Waals surface area contributed by atoms with Crippen molar-refractivity contribution >= 4 is 11.8 Å². The number of alkyl halides is 3. The molecule has 1 nitrogen and oxygen atoms in total. The van der Waals surface area contributed by atoms with Crippen LogP contribution in [-0.4, -0.2) is 11.6 Å². The van der Waals surface area contributed by atoms with Crippen LogP contribution in [0.15, 0.2) is 23.1 Å². The lowest BCUT2D eigenvalue weighted by atomic mass is 9.97. The molecule has 112 valence electrons. The molecule has 2 rings (SSSR count). The third-order valence-corrected chi connectivity index (χ3v) is 4.47. The second kappa shape index (κ2) is 6.39. The van der Waals surface area contributed by atoms with E-state index in [-0.39, 0.29) is 16.7 Å². The van der Waals surface area contributed by atoms with E-state index in [0.717, 1.165) is 43.2 Å². The van der Waals surface area contributed by atoms with Crippen molar-refractivity contribution in [1.29, 1.82) is 0 Å². The largest absolute Gasteiger partial charge is 0.446 e. The minimum atomic E-state index is -4.22. The number of rotatable bonds is 4. The minimum absolute atomic E-state index is 0.0324. The maximum atomic E-state index is 12.4. The Balaban J connectivity index is 1.97. The second-order valence-corrected chi connectivity index (χ2v) is 6.82. The highest BCUT2D eigenvalue weighted by Gasteiger charge is 2.29. The first-order chi connectivity index (χ1) is 9.32. The molecule has 2 N–H and O–H groups in total. The Bertz CT molecular complexity index is 459. The number of aryl methyl sites for hydroxylation is 2. The number of thioether (sulfide) groups is 1.